The van der Waals surface area contributed by atoms with E-state index < -0.39 is 35.4 Å². The van der Waals surface area contributed by atoms with Gasteiger partial charge in [0.1, 0.15) is 36.7 Å². The number of aromatic nitrogens is 12. The molecule has 7 aromatic carbocycles. The van der Waals surface area contributed by atoms with Gasteiger partial charge >= 0.3 is 0 Å². The number of carbonyl (C=O) groups excluding carboxylic acids is 3. The number of nitrogens with zero attached hydrogens (tertiary/aromatic N) is 12. The maximum absolute atomic E-state index is 13.9. The number of likely N-dealkylation sites (tertiary alicyclic amines) is 4. The van der Waals surface area contributed by atoms with Gasteiger partial charge in [-0.25, -0.2) is 0 Å². The first-order chi connectivity index (χ1) is 59.4. The summed E-state index contributed by atoms with van der Waals surface area (Å²) in [6, 6.07) is 73.8. The van der Waals surface area contributed by atoms with Crippen LogP contribution in [-0.4, -0.2) is 170 Å². The zero-order chi connectivity index (χ0) is 84.4. The highest BCUT2D eigenvalue weighted by atomic mass is 79.9. The highest BCUT2D eigenvalue weighted by molar-refractivity contribution is 9.10. The lowest BCUT2D eigenvalue weighted by Gasteiger charge is -2.40. The minimum absolute atomic E-state index is 0.0229. The van der Waals surface area contributed by atoms with Crippen molar-refractivity contribution in [1.29, 1.82) is 0 Å². The van der Waals surface area contributed by atoms with Crippen molar-refractivity contribution in [3.8, 4) is 0 Å². The van der Waals surface area contributed by atoms with E-state index in [1.807, 2.05) is 224 Å². The molecule has 122 heavy (non-hydrogen) atoms. The van der Waals surface area contributed by atoms with Crippen molar-refractivity contribution < 1.29 is 29.7 Å². The number of aromatic amines is 4. The SMILES string of the molecule is C=C(C(c1ccccc1)n1ccc2[nH]ncc2c1=S)N1CCC(c2ccccc2)CC1.O=C(C(c1ccccc1)n1ccc2[nH]ncc2c1=S)N1CCC(O)(c2ccc(Br)cc2)CC1.O=C(C(c1ccccc1)n1ccc2[nH]ncc2c1=S)N1CCC(O)(c2ccccc2)CC1.O=C(C(c1ccccc1)n1ccc2[nH]ncc2c1=S)N1CCCC(O)C1. The molecule has 5 atom stereocenters. The second-order valence-electron chi connectivity index (χ2n) is 31.5. The number of aliphatic hydroxyl groups is 3. The Labute approximate surface area is 734 Å². The van der Waals surface area contributed by atoms with Gasteiger partial charge in [-0.05, 0) is 133 Å². The van der Waals surface area contributed by atoms with E-state index in [-0.39, 0.29) is 23.8 Å². The Morgan fingerprint density at radius 2 is 0.697 bits per heavy atom. The maximum atomic E-state index is 13.9. The van der Waals surface area contributed by atoms with Crippen LogP contribution < -0.4 is 0 Å². The summed E-state index contributed by atoms with van der Waals surface area (Å²) in [5, 5.41) is 64.0. The third-order valence-corrected chi connectivity index (χ3v) is 26.4. The van der Waals surface area contributed by atoms with Crippen molar-refractivity contribution in [1.82, 2.24) is 78.7 Å². The van der Waals surface area contributed by atoms with Crippen LogP contribution >= 0.6 is 64.8 Å². The number of benzene rings is 7. The molecule has 8 aromatic heterocycles. The predicted molar refractivity (Wildman–Crippen MR) is 489 cm³/mol. The van der Waals surface area contributed by atoms with E-state index in [0.717, 1.165) is 125 Å². The summed E-state index contributed by atoms with van der Waals surface area (Å²) in [6.45, 7) is 9.50. The first-order valence-electron chi connectivity index (χ1n) is 41.1. The molecule has 0 saturated carbocycles. The number of amides is 3. The molecule has 22 nitrogen and oxygen atoms in total. The molecule has 0 radical (unpaired) electrons. The fraction of sp³-hybridized carbons (Fsp3) is 0.253. The summed E-state index contributed by atoms with van der Waals surface area (Å²) in [5.74, 6) is 0.516. The van der Waals surface area contributed by atoms with E-state index in [1.54, 1.807) is 23.5 Å². The highest BCUT2D eigenvalue weighted by Crippen LogP contribution is 2.40. The van der Waals surface area contributed by atoms with Gasteiger partial charge in [-0.2, -0.15) is 20.4 Å². The highest BCUT2D eigenvalue weighted by Gasteiger charge is 2.41. The number of carbonyl (C=O) groups is 3. The molecule has 4 aliphatic rings. The number of pyridine rings is 4. The summed E-state index contributed by atoms with van der Waals surface area (Å²) in [7, 11) is 0. The summed E-state index contributed by atoms with van der Waals surface area (Å²) >= 11 is 26.4. The van der Waals surface area contributed by atoms with E-state index in [4.69, 9.17) is 48.9 Å². The second kappa shape index (κ2) is 37.7. The van der Waals surface area contributed by atoms with Crippen LogP contribution in [0.15, 0.2) is 297 Å². The number of allylic oxidation sites excluding steroid dienone is 1. The molecule has 19 rings (SSSR count). The molecule has 620 valence electrons. The normalized spacial score (nSPS) is 16.9. The van der Waals surface area contributed by atoms with Crippen molar-refractivity contribution >= 4 is 126 Å². The van der Waals surface area contributed by atoms with Crippen LogP contribution in [0.25, 0.3) is 43.6 Å². The number of aliphatic hydroxyl groups excluding tert-OH is 1. The zero-order valence-electron chi connectivity index (χ0n) is 67.0. The quantitative estimate of drug-likeness (QED) is 0.0444. The molecule has 7 N–H and O–H groups in total. The Hall–Kier alpha value is -11.8. The summed E-state index contributed by atoms with van der Waals surface area (Å²) in [5.41, 5.74) is 9.77. The molecule has 0 bridgehead atoms. The third kappa shape index (κ3) is 18.1. The molecule has 5 unspecified atom stereocenters. The minimum atomic E-state index is -0.939. The number of hydrogen-bond donors (Lipinski definition) is 7. The molecular weight excluding hydrogens is 1670 g/mol. The first-order valence-corrected chi connectivity index (χ1v) is 43.5. The fourth-order valence-corrected chi connectivity index (χ4v) is 18.9. The van der Waals surface area contributed by atoms with E-state index in [1.165, 1.54) is 11.1 Å². The van der Waals surface area contributed by atoms with Crippen LogP contribution in [0.2, 0.25) is 0 Å². The number of fused-ring (bicyclic) bond motifs is 4. The lowest BCUT2D eigenvalue weighted by atomic mass is 9.84. The average molecular weight is 1760 g/mol. The smallest absolute Gasteiger partial charge is 0.250 e. The summed E-state index contributed by atoms with van der Waals surface area (Å²) in [6.07, 6.45) is 19.8. The van der Waals surface area contributed by atoms with Gasteiger partial charge in [0.05, 0.1) is 91.7 Å². The number of nitrogens with one attached hydrogen (secondary N) is 4. The average Bonchev–Trinajstić information content (AvgIpc) is 1.36. The van der Waals surface area contributed by atoms with Gasteiger partial charge < -0.3 is 53.2 Å². The number of β-amino-alcohol motifs (C(OH)–C–C–N with tert-alkyl or cyclic N) is 1. The lowest BCUT2D eigenvalue weighted by molar-refractivity contribution is -0.139. The van der Waals surface area contributed by atoms with Crippen LogP contribution in [-0.2, 0) is 25.6 Å². The van der Waals surface area contributed by atoms with Gasteiger partial charge in [0, 0.05) is 87.3 Å². The summed E-state index contributed by atoms with van der Waals surface area (Å²) < 4.78 is 11.1. The lowest BCUT2D eigenvalue weighted by Crippen LogP contribution is -2.47. The van der Waals surface area contributed by atoms with E-state index in [9.17, 15) is 29.7 Å². The van der Waals surface area contributed by atoms with Crippen molar-refractivity contribution in [2.75, 3.05) is 52.4 Å². The predicted octanol–water partition coefficient (Wildman–Crippen LogP) is 17.9. The van der Waals surface area contributed by atoms with Crippen LogP contribution in [0.3, 0.4) is 0 Å². The van der Waals surface area contributed by atoms with Crippen molar-refractivity contribution in [2.45, 2.75) is 98.8 Å². The number of H-pyrrole nitrogens is 4. The Morgan fingerprint density at radius 1 is 0.385 bits per heavy atom. The van der Waals surface area contributed by atoms with E-state index in [2.05, 4.69) is 134 Å². The van der Waals surface area contributed by atoms with Gasteiger partial charge in [-0.3, -0.25) is 34.8 Å². The zero-order valence-corrected chi connectivity index (χ0v) is 71.8. The van der Waals surface area contributed by atoms with Crippen molar-refractivity contribution in [3.05, 3.63) is 354 Å². The van der Waals surface area contributed by atoms with Gasteiger partial charge in [0.25, 0.3) is 0 Å². The monoisotopic (exact) mass is 1760 g/mol. The van der Waals surface area contributed by atoms with Crippen LogP contribution in [0, 0.1) is 18.6 Å². The molecule has 4 fully saturated rings. The van der Waals surface area contributed by atoms with Crippen molar-refractivity contribution in [2.24, 2.45) is 0 Å². The molecule has 0 spiro atoms. The number of halogens is 1. The Kier molecular flexibility index (Phi) is 25.9. The van der Waals surface area contributed by atoms with Gasteiger partial charge in [-0.1, -0.05) is 266 Å². The first kappa shape index (κ1) is 83.8. The Balaban J connectivity index is 0.000000121. The van der Waals surface area contributed by atoms with E-state index >= 15 is 0 Å². The van der Waals surface area contributed by atoms with Gasteiger partial charge in [0.15, 0.2) is 0 Å². The Bertz CT molecular complexity index is 6400. The number of hydrogen-bond acceptors (Lipinski definition) is 15. The number of piperidine rings is 4. The van der Waals surface area contributed by atoms with Crippen LogP contribution in [0.1, 0.15) is 120 Å². The topological polar surface area (TPSA) is 259 Å². The fourth-order valence-electron chi connectivity index (χ4n) is 17.3. The van der Waals surface area contributed by atoms with Gasteiger partial charge in [-0.15, -0.1) is 0 Å². The molecule has 4 saturated heterocycles. The molecule has 3 amide bonds. The number of rotatable bonds is 16. The van der Waals surface area contributed by atoms with Gasteiger partial charge in [0.2, 0.25) is 17.7 Å². The summed E-state index contributed by atoms with van der Waals surface area (Å²) in [4.78, 5) is 49.0. The van der Waals surface area contributed by atoms with Crippen molar-refractivity contribution in [3.63, 3.8) is 0 Å². The largest absolute Gasteiger partial charge is 0.391 e. The molecule has 4 aliphatic heterocycles. The minimum Gasteiger partial charge on any atom is -0.391 e. The molecular formula is C95H93BrN16O6S4. The van der Waals surface area contributed by atoms with Crippen LogP contribution in [0.4, 0.5) is 0 Å². The molecule has 0 aliphatic carbocycles. The molecule has 27 heteroatoms. The Morgan fingerprint density at radius 3 is 1.05 bits per heavy atom. The maximum Gasteiger partial charge on any atom is 0.250 e. The molecule has 12 heterocycles. The van der Waals surface area contributed by atoms with Crippen LogP contribution in [0.5, 0.6) is 0 Å². The standard InChI is InChI=1S/C26H26N4S.C25H23BrN4O2S.C25H24N4O2S.C19H20N4O2S/c1-19(29-15-12-21(13-16-29)20-8-4-2-5-9-20)25(22-10-6-3-7-11-22)30-17-14-24-23(26(30)31)18-27-28-24;26-19-8-6-18(7-9-19)25(32)11-14-29(15-12-25)23(31)22(17-4-2-1-3-5-17)30-13-10-21-20(24(30)33)16-27-28-21;30-23(28-15-12-25(31,13-16-28)19-9-5-2-6-10-19)22(18-7-3-1-4-8-18)29-14-11-21-20(24(29)32)17-26-27-21;24-14-7-4-9-22(12-14)18(25)17(13-5-2-1-3-6-13)23-10-8-16-15(19(23)26)11-20-21-16/h2-11,14,17-18,21,25H,1,12-13,15-16H2,(H,27,28);1-10,13,16,22,32H,11-12,14-15H2,(H,27,28);1-11,14,17,22,31H,12-13,15-16H2,(H,26,27);1-3,5-6,8,10-11,14,17,24H,4,7,9,12H2,(H,20,21). The third-order valence-electron chi connectivity index (χ3n) is 24.1. The molecule has 15 aromatic rings. The second-order valence-corrected chi connectivity index (χ2v) is 33.9. The van der Waals surface area contributed by atoms with E-state index in [0.29, 0.717) is 84.8 Å².